The van der Waals surface area contributed by atoms with Gasteiger partial charge in [-0.25, -0.2) is 8.42 Å². The van der Waals surface area contributed by atoms with Gasteiger partial charge in [0.2, 0.25) is 0 Å². The van der Waals surface area contributed by atoms with Gasteiger partial charge < -0.3 is 0 Å². The lowest BCUT2D eigenvalue weighted by Crippen LogP contribution is -2.13. The quantitative estimate of drug-likeness (QED) is 0.774. The van der Waals surface area contributed by atoms with E-state index >= 15 is 0 Å². The van der Waals surface area contributed by atoms with Crippen LogP contribution in [0.4, 0.5) is 5.69 Å². The molecule has 0 aliphatic rings. The Kier molecular flexibility index (Phi) is 5.30. The van der Waals surface area contributed by atoms with E-state index in [9.17, 15) is 8.42 Å². The van der Waals surface area contributed by atoms with Crippen molar-refractivity contribution in [2.75, 3.05) is 10.6 Å². The lowest BCUT2D eigenvalue weighted by atomic mass is 10.2. The highest BCUT2D eigenvalue weighted by Gasteiger charge is 2.15. The SMILES string of the molecule is Cc1ccc(Br)c(NS(=O)(=O)c2ccc(CCCl)cc2)c1. The second-order valence-electron chi connectivity index (χ2n) is 4.67. The molecule has 0 saturated carbocycles. The Morgan fingerprint density at radius 1 is 1.14 bits per heavy atom. The molecule has 21 heavy (non-hydrogen) atoms. The summed E-state index contributed by atoms with van der Waals surface area (Å²) in [6.07, 6.45) is 0.721. The molecule has 2 aromatic rings. The zero-order valence-corrected chi connectivity index (χ0v) is 14.6. The van der Waals surface area contributed by atoms with Crippen LogP contribution >= 0.6 is 27.5 Å². The Hall–Kier alpha value is -1.04. The average molecular weight is 389 g/mol. The van der Waals surface area contributed by atoms with E-state index in [-0.39, 0.29) is 4.90 Å². The Bertz CT molecular complexity index is 730. The minimum atomic E-state index is -3.60. The molecule has 3 nitrogen and oxygen atoms in total. The monoisotopic (exact) mass is 387 g/mol. The molecule has 0 radical (unpaired) electrons. The van der Waals surface area contributed by atoms with Crippen LogP contribution in [0.15, 0.2) is 51.8 Å². The summed E-state index contributed by atoms with van der Waals surface area (Å²) < 4.78 is 28.1. The van der Waals surface area contributed by atoms with Gasteiger partial charge in [0.1, 0.15) is 0 Å². The van der Waals surface area contributed by atoms with E-state index in [1.165, 1.54) is 0 Å². The van der Waals surface area contributed by atoms with Gasteiger partial charge in [0.15, 0.2) is 0 Å². The fourth-order valence-electron chi connectivity index (χ4n) is 1.87. The van der Waals surface area contributed by atoms with Crippen LogP contribution in [0.1, 0.15) is 11.1 Å². The Morgan fingerprint density at radius 3 is 2.43 bits per heavy atom. The molecule has 0 unspecified atom stereocenters. The first-order chi connectivity index (χ1) is 9.92. The van der Waals surface area contributed by atoms with Crippen molar-refractivity contribution in [3.05, 3.63) is 58.1 Å². The fourth-order valence-corrected chi connectivity index (χ4v) is 3.63. The summed E-state index contributed by atoms with van der Waals surface area (Å²) in [4.78, 5) is 0.231. The Balaban J connectivity index is 2.27. The summed E-state index contributed by atoms with van der Waals surface area (Å²) >= 11 is 9.02. The van der Waals surface area contributed by atoms with Crippen LogP contribution in [0.5, 0.6) is 0 Å². The zero-order valence-electron chi connectivity index (χ0n) is 11.4. The molecular weight excluding hydrogens is 374 g/mol. The smallest absolute Gasteiger partial charge is 0.261 e. The predicted octanol–water partition coefficient (Wildman–Crippen LogP) is 4.34. The van der Waals surface area contributed by atoms with E-state index in [1.54, 1.807) is 30.3 Å². The normalized spacial score (nSPS) is 11.4. The molecular formula is C15H15BrClNO2S. The van der Waals surface area contributed by atoms with Crippen molar-refractivity contribution in [1.29, 1.82) is 0 Å². The fraction of sp³-hybridized carbons (Fsp3) is 0.200. The molecule has 6 heteroatoms. The molecule has 0 atom stereocenters. The van der Waals surface area contributed by atoms with Crippen molar-refractivity contribution in [2.24, 2.45) is 0 Å². The molecule has 0 heterocycles. The largest absolute Gasteiger partial charge is 0.278 e. The second kappa shape index (κ2) is 6.81. The number of hydrogen-bond acceptors (Lipinski definition) is 2. The first kappa shape index (κ1) is 16.3. The van der Waals surface area contributed by atoms with Gasteiger partial charge in [0.05, 0.1) is 10.6 Å². The van der Waals surface area contributed by atoms with Crippen LogP contribution in [0.3, 0.4) is 0 Å². The lowest BCUT2D eigenvalue weighted by Gasteiger charge is -2.11. The van der Waals surface area contributed by atoms with Crippen LogP contribution in [0.25, 0.3) is 0 Å². The van der Waals surface area contributed by atoms with E-state index in [0.717, 1.165) is 17.5 Å². The number of sulfonamides is 1. The molecule has 0 spiro atoms. The molecule has 0 amide bonds. The maximum Gasteiger partial charge on any atom is 0.261 e. The third-order valence-electron chi connectivity index (χ3n) is 2.98. The van der Waals surface area contributed by atoms with Crippen molar-refractivity contribution in [2.45, 2.75) is 18.2 Å². The molecule has 0 aromatic heterocycles. The molecule has 1 N–H and O–H groups in total. The van der Waals surface area contributed by atoms with Crippen molar-refractivity contribution in [1.82, 2.24) is 0 Å². The molecule has 0 aliphatic carbocycles. The Labute approximate surface area is 138 Å². The topological polar surface area (TPSA) is 46.2 Å². The second-order valence-corrected chi connectivity index (χ2v) is 7.59. The number of nitrogens with one attached hydrogen (secondary N) is 1. The first-order valence-corrected chi connectivity index (χ1v) is 9.17. The van der Waals surface area contributed by atoms with Gasteiger partial charge >= 0.3 is 0 Å². The maximum absolute atomic E-state index is 12.4. The third-order valence-corrected chi connectivity index (χ3v) is 5.24. The number of halogens is 2. The van der Waals surface area contributed by atoms with Crippen LogP contribution in [0, 0.1) is 6.92 Å². The highest BCUT2D eigenvalue weighted by atomic mass is 79.9. The minimum absolute atomic E-state index is 0.231. The number of benzene rings is 2. The molecule has 112 valence electrons. The molecule has 0 saturated heterocycles. The van der Waals surface area contributed by atoms with E-state index in [0.29, 0.717) is 16.0 Å². The van der Waals surface area contributed by atoms with Gasteiger partial charge in [-0.1, -0.05) is 18.2 Å². The van der Waals surface area contributed by atoms with Crippen LogP contribution in [-0.4, -0.2) is 14.3 Å². The van der Waals surface area contributed by atoms with E-state index in [1.807, 2.05) is 19.1 Å². The molecule has 2 aromatic carbocycles. The number of anilines is 1. The van der Waals surface area contributed by atoms with Gasteiger partial charge in [-0.05, 0) is 64.7 Å². The van der Waals surface area contributed by atoms with E-state index in [2.05, 4.69) is 20.7 Å². The van der Waals surface area contributed by atoms with Gasteiger partial charge in [-0.3, -0.25) is 4.72 Å². The van der Waals surface area contributed by atoms with Gasteiger partial charge in [0, 0.05) is 10.4 Å². The van der Waals surface area contributed by atoms with Gasteiger partial charge in [0.25, 0.3) is 10.0 Å². The molecule has 0 fully saturated rings. The van der Waals surface area contributed by atoms with Crippen molar-refractivity contribution >= 4 is 43.2 Å². The van der Waals surface area contributed by atoms with Gasteiger partial charge in [-0.2, -0.15) is 0 Å². The lowest BCUT2D eigenvalue weighted by molar-refractivity contribution is 0.601. The van der Waals surface area contributed by atoms with Crippen molar-refractivity contribution in [3.8, 4) is 0 Å². The standard InChI is InChI=1S/C15H15BrClNO2S/c1-11-2-7-14(16)15(10-11)18-21(19,20)13-5-3-12(4-6-13)8-9-17/h2-7,10,18H,8-9H2,1H3. The van der Waals surface area contributed by atoms with Crippen molar-refractivity contribution < 1.29 is 8.42 Å². The number of rotatable bonds is 5. The summed E-state index contributed by atoms with van der Waals surface area (Å²) in [6, 6.07) is 12.2. The summed E-state index contributed by atoms with van der Waals surface area (Å²) in [6.45, 7) is 1.91. The summed E-state index contributed by atoms with van der Waals surface area (Å²) in [5.74, 6) is 0.514. The number of aryl methyl sites for hydroxylation is 2. The van der Waals surface area contributed by atoms with Gasteiger partial charge in [-0.15, -0.1) is 11.6 Å². The Morgan fingerprint density at radius 2 is 1.81 bits per heavy atom. The third kappa shape index (κ3) is 4.22. The molecule has 0 aliphatic heterocycles. The number of hydrogen-bond donors (Lipinski definition) is 1. The van der Waals surface area contributed by atoms with Crippen molar-refractivity contribution in [3.63, 3.8) is 0 Å². The summed E-state index contributed by atoms with van der Waals surface area (Å²) in [7, 11) is -3.60. The highest BCUT2D eigenvalue weighted by Crippen LogP contribution is 2.26. The van der Waals surface area contributed by atoms with E-state index < -0.39 is 10.0 Å². The minimum Gasteiger partial charge on any atom is -0.278 e. The van der Waals surface area contributed by atoms with Crippen LogP contribution in [-0.2, 0) is 16.4 Å². The van der Waals surface area contributed by atoms with Crippen LogP contribution in [0.2, 0.25) is 0 Å². The first-order valence-electron chi connectivity index (χ1n) is 6.36. The summed E-state index contributed by atoms with van der Waals surface area (Å²) in [5, 5.41) is 0. The predicted molar refractivity (Wildman–Crippen MR) is 90.6 cm³/mol. The summed E-state index contributed by atoms with van der Waals surface area (Å²) in [5.41, 5.74) is 2.52. The number of alkyl halides is 1. The zero-order chi connectivity index (χ0) is 15.5. The molecule has 2 rings (SSSR count). The van der Waals surface area contributed by atoms with Crippen LogP contribution < -0.4 is 4.72 Å². The van der Waals surface area contributed by atoms with E-state index in [4.69, 9.17) is 11.6 Å². The average Bonchev–Trinajstić information content (AvgIpc) is 2.44. The molecule has 0 bridgehead atoms. The highest BCUT2D eigenvalue weighted by molar-refractivity contribution is 9.10. The maximum atomic E-state index is 12.4.